The zero-order valence-electron chi connectivity index (χ0n) is 14.8. The van der Waals surface area contributed by atoms with Crippen molar-refractivity contribution in [1.82, 2.24) is 9.55 Å². The summed E-state index contributed by atoms with van der Waals surface area (Å²) >= 11 is 7.64. The monoisotopic (exact) mass is 428 g/mol. The van der Waals surface area contributed by atoms with Gasteiger partial charge in [0.2, 0.25) is 0 Å². The molecule has 0 bridgehead atoms. The molecule has 0 aliphatic heterocycles. The molecule has 0 saturated carbocycles. The van der Waals surface area contributed by atoms with Crippen LogP contribution in [0, 0.1) is 0 Å². The Morgan fingerprint density at radius 3 is 2.61 bits per heavy atom. The van der Waals surface area contributed by atoms with Crippen LogP contribution in [0.2, 0.25) is 5.02 Å². The van der Waals surface area contributed by atoms with E-state index in [1.165, 1.54) is 10.9 Å². The van der Waals surface area contributed by atoms with Crippen LogP contribution in [0.4, 0.5) is 13.2 Å². The summed E-state index contributed by atoms with van der Waals surface area (Å²) < 4.78 is 41.1. The van der Waals surface area contributed by atoms with Crippen LogP contribution in [0.15, 0.2) is 46.3 Å². The minimum absolute atomic E-state index is 0.104. The van der Waals surface area contributed by atoms with Gasteiger partial charge in [0, 0.05) is 9.92 Å². The standard InChI is InChI=1S/C19H16ClF3N2O2S/c1-2-28-17-4-3-13(20)5-11(17)8-25-10-24-16-6-12(9-26)15(19(21,22)23)7-14(16)18(25)27/h3-7,10,26H,2,8-9H2,1H3. The average molecular weight is 429 g/mol. The minimum Gasteiger partial charge on any atom is -0.392 e. The molecule has 2 aromatic carbocycles. The van der Waals surface area contributed by atoms with Gasteiger partial charge in [-0.3, -0.25) is 9.36 Å². The van der Waals surface area contributed by atoms with E-state index in [-0.39, 0.29) is 23.0 Å². The molecule has 28 heavy (non-hydrogen) atoms. The van der Waals surface area contributed by atoms with Crippen LogP contribution in [-0.2, 0) is 19.3 Å². The van der Waals surface area contributed by atoms with E-state index in [0.29, 0.717) is 5.02 Å². The Balaban J connectivity index is 2.13. The Bertz CT molecular complexity index is 1080. The molecule has 0 spiro atoms. The molecule has 0 aliphatic carbocycles. The summed E-state index contributed by atoms with van der Waals surface area (Å²) in [6.45, 7) is 1.33. The summed E-state index contributed by atoms with van der Waals surface area (Å²) in [6.07, 6.45) is -3.39. The third-order valence-electron chi connectivity index (χ3n) is 4.19. The first-order chi connectivity index (χ1) is 13.2. The molecular formula is C19H16ClF3N2O2S. The number of hydrogen-bond donors (Lipinski definition) is 1. The van der Waals surface area contributed by atoms with Crippen molar-refractivity contribution in [1.29, 1.82) is 0 Å². The lowest BCUT2D eigenvalue weighted by Crippen LogP contribution is -2.22. The lowest BCUT2D eigenvalue weighted by molar-refractivity contribution is -0.138. The van der Waals surface area contributed by atoms with Crippen LogP contribution in [-0.4, -0.2) is 20.4 Å². The van der Waals surface area contributed by atoms with E-state index in [9.17, 15) is 23.1 Å². The fourth-order valence-corrected chi connectivity index (χ4v) is 3.89. The third-order valence-corrected chi connectivity index (χ3v) is 5.42. The van der Waals surface area contributed by atoms with Crippen LogP contribution in [0.25, 0.3) is 10.9 Å². The van der Waals surface area contributed by atoms with Gasteiger partial charge < -0.3 is 5.11 Å². The number of fused-ring (bicyclic) bond motifs is 1. The second-order valence-corrected chi connectivity index (χ2v) is 7.79. The van der Waals surface area contributed by atoms with Crippen molar-refractivity contribution in [3.8, 4) is 0 Å². The van der Waals surface area contributed by atoms with Gasteiger partial charge >= 0.3 is 6.18 Å². The molecule has 3 aromatic rings. The van der Waals surface area contributed by atoms with E-state index in [1.54, 1.807) is 23.9 Å². The van der Waals surface area contributed by atoms with Gasteiger partial charge in [0.1, 0.15) is 0 Å². The Kier molecular flexibility index (Phi) is 6.02. The number of hydrogen-bond acceptors (Lipinski definition) is 4. The van der Waals surface area contributed by atoms with E-state index in [4.69, 9.17) is 11.6 Å². The molecule has 0 aliphatic rings. The molecule has 3 rings (SSSR count). The number of alkyl halides is 3. The van der Waals surface area contributed by atoms with Gasteiger partial charge in [-0.1, -0.05) is 18.5 Å². The van der Waals surface area contributed by atoms with Crippen molar-refractivity contribution in [2.24, 2.45) is 0 Å². The van der Waals surface area contributed by atoms with E-state index in [2.05, 4.69) is 4.98 Å². The molecule has 0 radical (unpaired) electrons. The van der Waals surface area contributed by atoms with Crippen LogP contribution in [0.3, 0.4) is 0 Å². The first-order valence-corrected chi connectivity index (χ1v) is 9.72. The van der Waals surface area contributed by atoms with Gasteiger partial charge in [0.25, 0.3) is 5.56 Å². The largest absolute Gasteiger partial charge is 0.416 e. The number of rotatable bonds is 5. The first-order valence-electron chi connectivity index (χ1n) is 8.36. The second kappa shape index (κ2) is 8.14. The maximum Gasteiger partial charge on any atom is 0.416 e. The lowest BCUT2D eigenvalue weighted by atomic mass is 10.0. The van der Waals surface area contributed by atoms with Gasteiger partial charge in [-0.05, 0) is 47.2 Å². The van der Waals surface area contributed by atoms with E-state index in [0.717, 1.165) is 28.3 Å². The molecule has 0 fully saturated rings. The second-order valence-electron chi connectivity index (χ2n) is 6.05. The molecule has 1 N–H and O–H groups in total. The van der Waals surface area contributed by atoms with E-state index >= 15 is 0 Å². The molecule has 9 heteroatoms. The van der Waals surface area contributed by atoms with Crippen LogP contribution in [0.5, 0.6) is 0 Å². The third kappa shape index (κ3) is 4.19. The average Bonchev–Trinajstić information content (AvgIpc) is 2.64. The van der Waals surface area contributed by atoms with Crippen molar-refractivity contribution < 1.29 is 18.3 Å². The zero-order valence-corrected chi connectivity index (χ0v) is 16.3. The molecule has 0 amide bonds. The van der Waals surface area contributed by atoms with Gasteiger partial charge in [-0.25, -0.2) is 4.98 Å². The molecule has 0 saturated heterocycles. The highest BCUT2D eigenvalue weighted by molar-refractivity contribution is 7.99. The summed E-state index contributed by atoms with van der Waals surface area (Å²) in [5.41, 5.74) is -1.06. The van der Waals surface area contributed by atoms with Crippen molar-refractivity contribution in [3.05, 3.63) is 68.7 Å². The fraction of sp³-hybridized carbons (Fsp3) is 0.263. The van der Waals surface area contributed by atoms with Crippen molar-refractivity contribution in [2.75, 3.05) is 5.75 Å². The van der Waals surface area contributed by atoms with Crippen LogP contribution in [0.1, 0.15) is 23.6 Å². The fourth-order valence-electron chi connectivity index (χ4n) is 2.91. The number of benzene rings is 2. The summed E-state index contributed by atoms with van der Waals surface area (Å²) in [7, 11) is 0. The lowest BCUT2D eigenvalue weighted by Gasteiger charge is -2.14. The normalized spacial score (nSPS) is 11.9. The maximum absolute atomic E-state index is 13.3. The van der Waals surface area contributed by atoms with E-state index < -0.39 is 23.9 Å². The maximum atomic E-state index is 13.3. The van der Waals surface area contributed by atoms with Gasteiger partial charge in [0.15, 0.2) is 0 Å². The SMILES string of the molecule is CCSc1ccc(Cl)cc1Cn1cnc2cc(CO)c(C(F)(F)F)cc2c1=O. The highest BCUT2D eigenvalue weighted by Crippen LogP contribution is 2.34. The highest BCUT2D eigenvalue weighted by Gasteiger charge is 2.34. The number of aliphatic hydroxyl groups is 1. The van der Waals surface area contributed by atoms with E-state index in [1.807, 2.05) is 13.0 Å². The summed E-state index contributed by atoms with van der Waals surface area (Å²) in [6, 6.07) is 7.18. The molecule has 148 valence electrons. The predicted octanol–water partition coefficient (Wildman–Crippen LogP) is 4.72. The Morgan fingerprint density at radius 1 is 1.21 bits per heavy atom. The molecule has 1 heterocycles. The van der Waals surface area contributed by atoms with Crippen molar-refractivity contribution in [2.45, 2.75) is 31.1 Å². The Labute approximate surface area is 168 Å². The minimum atomic E-state index is -4.68. The summed E-state index contributed by atoms with van der Waals surface area (Å²) in [4.78, 5) is 17.9. The summed E-state index contributed by atoms with van der Waals surface area (Å²) in [5, 5.41) is 9.59. The first kappa shape index (κ1) is 20.7. The number of halogens is 4. The molecule has 0 unspecified atom stereocenters. The number of nitrogens with zero attached hydrogens (tertiary/aromatic N) is 2. The van der Waals surface area contributed by atoms with Crippen LogP contribution >= 0.6 is 23.4 Å². The van der Waals surface area contributed by atoms with Gasteiger partial charge in [0.05, 0.1) is 35.9 Å². The number of thioether (sulfide) groups is 1. The Morgan fingerprint density at radius 2 is 1.96 bits per heavy atom. The van der Waals surface area contributed by atoms with Crippen molar-refractivity contribution >= 4 is 34.3 Å². The number of aromatic nitrogens is 2. The van der Waals surface area contributed by atoms with Gasteiger partial charge in [-0.2, -0.15) is 13.2 Å². The summed E-state index contributed by atoms with van der Waals surface area (Å²) in [5.74, 6) is 0.818. The van der Waals surface area contributed by atoms with Crippen molar-refractivity contribution in [3.63, 3.8) is 0 Å². The smallest absolute Gasteiger partial charge is 0.392 e. The topological polar surface area (TPSA) is 55.1 Å². The quantitative estimate of drug-likeness (QED) is 0.597. The molecular weight excluding hydrogens is 413 g/mol. The van der Waals surface area contributed by atoms with Crippen LogP contribution < -0.4 is 5.56 Å². The zero-order chi connectivity index (χ0) is 20.5. The van der Waals surface area contributed by atoms with Gasteiger partial charge in [-0.15, -0.1) is 11.8 Å². The molecule has 1 aromatic heterocycles. The predicted molar refractivity (Wildman–Crippen MR) is 104 cm³/mol. The number of aliphatic hydroxyl groups excluding tert-OH is 1. The molecule has 4 nitrogen and oxygen atoms in total. The Hall–Kier alpha value is -2.03. The highest BCUT2D eigenvalue weighted by atomic mass is 35.5. The molecule has 0 atom stereocenters.